The Morgan fingerprint density at radius 3 is 2.68 bits per heavy atom. The highest BCUT2D eigenvalue weighted by atomic mass is 16.5. The van der Waals surface area contributed by atoms with Crippen molar-refractivity contribution in [3.8, 4) is 5.75 Å². The molecule has 0 aliphatic heterocycles. The van der Waals surface area contributed by atoms with Crippen LogP contribution in [0.3, 0.4) is 0 Å². The highest BCUT2D eigenvalue weighted by molar-refractivity contribution is 5.87. The van der Waals surface area contributed by atoms with Crippen LogP contribution in [-0.4, -0.2) is 22.1 Å². The Hall–Kier alpha value is -2.76. The number of aryl methyl sites for hydroxylation is 3. The van der Waals surface area contributed by atoms with E-state index >= 15 is 0 Å². The summed E-state index contributed by atoms with van der Waals surface area (Å²) in [5.41, 5.74) is 15.8. The lowest BCUT2D eigenvalue weighted by atomic mass is 10.0. The van der Waals surface area contributed by atoms with Crippen LogP contribution in [0.2, 0.25) is 0 Å². The Balaban J connectivity index is 1.89. The first-order valence-corrected chi connectivity index (χ1v) is 7.10. The van der Waals surface area contributed by atoms with E-state index in [0.717, 1.165) is 35.2 Å². The van der Waals surface area contributed by atoms with Crippen LogP contribution in [0.1, 0.15) is 16.7 Å². The molecule has 0 fully saturated rings. The molecule has 0 amide bonds. The first-order chi connectivity index (χ1) is 10.6. The molecule has 3 rings (SSSR count). The summed E-state index contributed by atoms with van der Waals surface area (Å²) < 4.78 is 5.35. The summed E-state index contributed by atoms with van der Waals surface area (Å²) in [5.74, 6) is 1.51. The zero-order chi connectivity index (χ0) is 15.7. The van der Waals surface area contributed by atoms with Gasteiger partial charge in [-0.25, -0.2) is 4.98 Å². The van der Waals surface area contributed by atoms with Gasteiger partial charge in [0.25, 0.3) is 0 Å². The van der Waals surface area contributed by atoms with Crippen molar-refractivity contribution < 1.29 is 4.74 Å². The van der Waals surface area contributed by atoms with Crippen LogP contribution in [-0.2, 0) is 12.8 Å². The minimum absolute atomic E-state index is 0.203. The molecule has 6 nitrogen and oxygen atoms in total. The molecule has 0 saturated heterocycles. The maximum atomic E-state index is 5.88. The van der Waals surface area contributed by atoms with E-state index in [0.29, 0.717) is 5.82 Å². The van der Waals surface area contributed by atoms with Crippen molar-refractivity contribution in [3.05, 3.63) is 41.2 Å². The van der Waals surface area contributed by atoms with E-state index in [1.165, 1.54) is 10.9 Å². The van der Waals surface area contributed by atoms with Gasteiger partial charge in [0.15, 0.2) is 0 Å². The van der Waals surface area contributed by atoms with Gasteiger partial charge in [0.1, 0.15) is 11.6 Å². The van der Waals surface area contributed by atoms with Gasteiger partial charge in [0.2, 0.25) is 5.95 Å². The second-order valence-electron chi connectivity index (χ2n) is 5.32. The number of rotatable bonds is 4. The summed E-state index contributed by atoms with van der Waals surface area (Å²) in [5, 5.41) is 1.17. The number of ether oxygens (including phenoxy) is 1. The Kier molecular flexibility index (Phi) is 3.58. The van der Waals surface area contributed by atoms with Gasteiger partial charge in [-0.2, -0.15) is 4.98 Å². The van der Waals surface area contributed by atoms with Crippen LogP contribution in [0.15, 0.2) is 24.5 Å². The standard InChI is InChI=1S/C16H19N5O/c1-9-5-12(22-2)6-13-10(7-19-14(9)13)3-4-11-8-20-16(18)21-15(11)17/h5-8,19H,3-4H2,1-2H3,(H4,17,18,20,21). The third-order valence-electron chi connectivity index (χ3n) is 3.86. The van der Waals surface area contributed by atoms with Crippen LogP contribution >= 0.6 is 0 Å². The fourth-order valence-electron chi connectivity index (χ4n) is 2.66. The third kappa shape index (κ3) is 2.55. The minimum atomic E-state index is 0.203. The largest absolute Gasteiger partial charge is 0.497 e. The molecule has 6 heteroatoms. The predicted octanol–water partition coefficient (Wildman–Crippen LogP) is 2.22. The van der Waals surface area contributed by atoms with Gasteiger partial charge in [-0.15, -0.1) is 0 Å². The number of nitrogens with zero attached hydrogens (tertiary/aromatic N) is 2. The molecule has 2 aromatic heterocycles. The average Bonchev–Trinajstić information content (AvgIpc) is 2.90. The molecule has 22 heavy (non-hydrogen) atoms. The smallest absolute Gasteiger partial charge is 0.221 e. The van der Waals surface area contributed by atoms with Gasteiger partial charge in [-0.1, -0.05) is 0 Å². The normalized spacial score (nSPS) is 11.0. The molecule has 0 unspecified atom stereocenters. The van der Waals surface area contributed by atoms with E-state index in [2.05, 4.69) is 27.9 Å². The molecule has 0 aliphatic rings. The number of aromatic nitrogens is 3. The fourth-order valence-corrected chi connectivity index (χ4v) is 2.66. The molecule has 0 atom stereocenters. The van der Waals surface area contributed by atoms with Gasteiger partial charge >= 0.3 is 0 Å². The maximum Gasteiger partial charge on any atom is 0.221 e. The quantitative estimate of drug-likeness (QED) is 0.685. The predicted molar refractivity (Wildman–Crippen MR) is 87.9 cm³/mol. The van der Waals surface area contributed by atoms with E-state index < -0.39 is 0 Å². The highest BCUT2D eigenvalue weighted by Gasteiger charge is 2.10. The van der Waals surface area contributed by atoms with Crippen LogP contribution in [0, 0.1) is 6.92 Å². The molecular formula is C16H19N5O. The molecule has 5 N–H and O–H groups in total. The van der Waals surface area contributed by atoms with Crippen molar-refractivity contribution in [1.82, 2.24) is 15.0 Å². The fraction of sp³-hybridized carbons (Fsp3) is 0.250. The molecule has 114 valence electrons. The Labute approximate surface area is 128 Å². The molecule has 1 aromatic carbocycles. The molecule has 3 aromatic rings. The number of nitrogen functional groups attached to an aromatic ring is 2. The third-order valence-corrected chi connectivity index (χ3v) is 3.86. The van der Waals surface area contributed by atoms with E-state index in [1.54, 1.807) is 13.3 Å². The SMILES string of the molecule is COc1cc(C)c2[nH]cc(CCc3cnc(N)nc3N)c2c1. The Morgan fingerprint density at radius 1 is 1.18 bits per heavy atom. The number of anilines is 2. The van der Waals surface area contributed by atoms with Crippen LogP contribution < -0.4 is 16.2 Å². The molecular weight excluding hydrogens is 278 g/mol. The molecule has 0 bridgehead atoms. The number of fused-ring (bicyclic) bond motifs is 1. The first-order valence-electron chi connectivity index (χ1n) is 7.10. The lowest BCUT2D eigenvalue weighted by Gasteiger charge is -2.06. The van der Waals surface area contributed by atoms with Gasteiger partial charge in [0, 0.05) is 28.9 Å². The number of hydrogen-bond donors (Lipinski definition) is 3. The molecule has 2 heterocycles. The van der Waals surface area contributed by atoms with Gasteiger partial charge in [-0.3, -0.25) is 0 Å². The molecule has 0 radical (unpaired) electrons. The van der Waals surface area contributed by atoms with Crippen LogP contribution in [0.25, 0.3) is 10.9 Å². The number of nitrogens with one attached hydrogen (secondary N) is 1. The summed E-state index contributed by atoms with van der Waals surface area (Å²) in [6.45, 7) is 2.07. The highest BCUT2D eigenvalue weighted by Crippen LogP contribution is 2.28. The summed E-state index contributed by atoms with van der Waals surface area (Å²) in [6, 6.07) is 4.07. The maximum absolute atomic E-state index is 5.88. The first kappa shape index (κ1) is 14.2. The van der Waals surface area contributed by atoms with Gasteiger partial charge in [0.05, 0.1) is 7.11 Å². The second-order valence-corrected chi connectivity index (χ2v) is 5.32. The number of H-pyrrole nitrogens is 1. The number of aromatic amines is 1. The Bertz CT molecular complexity index is 825. The van der Waals surface area contributed by atoms with Crippen molar-refractivity contribution in [2.45, 2.75) is 19.8 Å². The van der Waals surface area contributed by atoms with E-state index in [1.807, 2.05) is 12.3 Å². The lowest BCUT2D eigenvalue weighted by molar-refractivity contribution is 0.415. The number of hydrogen-bond acceptors (Lipinski definition) is 5. The van der Waals surface area contributed by atoms with E-state index in [4.69, 9.17) is 16.2 Å². The number of nitrogens with two attached hydrogens (primary N) is 2. The topological polar surface area (TPSA) is 103 Å². The van der Waals surface area contributed by atoms with E-state index in [9.17, 15) is 0 Å². The minimum Gasteiger partial charge on any atom is -0.497 e. The van der Waals surface area contributed by atoms with Crippen molar-refractivity contribution in [2.24, 2.45) is 0 Å². The second kappa shape index (κ2) is 5.55. The van der Waals surface area contributed by atoms with Crippen LogP contribution in [0.4, 0.5) is 11.8 Å². The van der Waals surface area contributed by atoms with Gasteiger partial charge in [-0.05, 0) is 43.0 Å². The summed E-state index contributed by atoms with van der Waals surface area (Å²) >= 11 is 0. The monoisotopic (exact) mass is 297 g/mol. The molecule has 0 spiro atoms. The number of benzene rings is 1. The molecule has 0 aliphatic carbocycles. The van der Waals surface area contributed by atoms with Crippen LogP contribution in [0.5, 0.6) is 5.75 Å². The zero-order valence-corrected chi connectivity index (χ0v) is 12.7. The van der Waals surface area contributed by atoms with Crippen molar-refractivity contribution in [1.29, 1.82) is 0 Å². The average molecular weight is 297 g/mol. The summed E-state index contributed by atoms with van der Waals surface area (Å²) in [6.07, 6.45) is 5.32. The van der Waals surface area contributed by atoms with E-state index in [-0.39, 0.29) is 5.95 Å². The van der Waals surface area contributed by atoms with Crippen molar-refractivity contribution >= 4 is 22.7 Å². The lowest BCUT2D eigenvalue weighted by Crippen LogP contribution is -2.04. The van der Waals surface area contributed by atoms with Gasteiger partial charge < -0.3 is 21.2 Å². The Morgan fingerprint density at radius 2 is 1.95 bits per heavy atom. The molecule has 0 saturated carbocycles. The zero-order valence-electron chi connectivity index (χ0n) is 12.7. The summed E-state index contributed by atoms with van der Waals surface area (Å²) in [4.78, 5) is 11.3. The number of methoxy groups -OCH3 is 1. The van der Waals surface area contributed by atoms with Crippen molar-refractivity contribution in [2.75, 3.05) is 18.6 Å². The van der Waals surface area contributed by atoms with Crippen molar-refractivity contribution in [3.63, 3.8) is 0 Å². The summed E-state index contributed by atoms with van der Waals surface area (Å²) in [7, 11) is 1.68.